The lowest BCUT2D eigenvalue weighted by Gasteiger charge is -2.52. The Morgan fingerprint density at radius 2 is 1.96 bits per heavy atom. The van der Waals surface area contributed by atoms with Gasteiger partial charge < -0.3 is 4.74 Å². The first-order valence-electron chi connectivity index (χ1n) is 9.74. The maximum Gasteiger partial charge on any atom is 0.306 e. The average molecular weight is 338 g/mol. The Hall–Kier alpha value is -1.64. The van der Waals surface area contributed by atoms with Crippen LogP contribution in [0.2, 0.25) is 0 Å². The molecule has 0 radical (unpaired) electrons. The minimum absolute atomic E-state index is 0.0107. The molecule has 2 fully saturated rings. The SMILES string of the molecule is CC12CCC(=O)C=C1C=C[C@@H]1C2=CCC2(C)C1CC[C@@]21CCC(=O)O1. The summed E-state index contributed by atoms with van der Waals surface area (Å²) in [5, 5.41) is 0. The number of carbonyl (C=O) groups excluding carboxylic acids is 2. The van der Waals surface area contributed by atoms with E-state index in [0.29, 0.717) is 24.7 Å². The van der Waals surface area contributed by atoms with Crippen LogP contribution >= 0.6 is 0 Å². The fourth-order valence-electron chi connectivity index (χ4n) is 6.62. The van der Waals surface area contributed by atoms with E-state index in [0.717, 1.165) is 32.1 Å². The van der Waals surface area contributed by atoms with Gasteiger partial charge in [0.15, 0.2) is 5.78 Å². The molecular formula is C22H26O3. The van der Waals surface area contributed by atoms with Gasteiger partial charge in [-0.1, -0.05) is 37.6 Å². The van der Waals surface area contributed by atoms with Crippen molar-refractivity contribution in [3.05, 3.63) is 35.5 Å². The summed E-state index contributed by atoms with van der Waals surface area (Å²) in [5.74, 6) is 1.20. The number of ether oxygens (including phenoxy) is 1. The Morgan fingerprint density at radius 3 is 2.72 bits per heavy atom. The number of allylic oxidation sites excluding steroid dienone is 6. The van der Waals surface area contributed by atoms with Gasteiger partial charge in [0.2, 0.25) is 0 Å². The lowest BCUT2D eigenvalue weighted by molar-refractivity contribution is -0.159. The molecule has 132 valence electrons. The third kappa shape index (κ3) is 1.82. The molecule has 3 unspecified atom stereocenters. The molecule has 0 aromatic heterocycles. The third-order valence-corrected chi connectivity index (χ3v) is 8.24. The van der Waals surface area contributed by atoms with E-state index in [1.54, 1.807) is 0 Å². The first kappa shape index (κ1) is 15.6. The Labute approximate surface area is 149 Å². The van der Waals surface area contributed by atoms with Crippen LogP contribution in [0.25, 0.3) is 0 Å². The van der Waals surface area contributed by atoms with E-state index in [9.17, 15) is 9.59 Å². The van der Waals surface area contributed by atoms with Crippen molar-refractivity contribution in [3.8, 4) is 0 Å². The highest BCUT2D eigenvalue weighted by atomic mass is 16.6. The van der Waals surface area contributed by atoms with Crippen LogP contribution in [-0.2, 0) is 14.3 Å². The molecule has 1 heterocycles. The molecule has 1 saturated heterocycles. The number of rotatable bonds is 0. The first-order valence-corrected chi connectivity index (χ1v) is 9.74. The third-order valence-electron chi connectivity index (χ3n) is 8.24. The maximum atomic E-state index is 11.9. The van der Waals surface area contributed by atoms with Gasteiger partial charge >= 0.3 is 5.97 Å². The molecule has 5 rings (SSSR count). The van der Waals surface area contributed by atoms with Gasteiger partial charge in [0.25, 0.3) is 0 Å². The zero-order valence-corrected chi connectivity index (χ0v) is 15.1. The van der Waals surface area contributed by atoms with Gasteiger partial charge in [-0.05, 0) is 49.7 Å². The number of ketones is 1. The molecule has 1 saturated carbocycles. The maximum absolute atomic E-state index is 11.9. The van der Waals surface area contributed by atoms with Gasteiger partial charge in [0.1, 0.15) is 5.60 Å². The van der Waals surface area contributed by atoms with Crippen LogP contribution in [0.3, 0.4) is 0 Å². The number of carbonyl (C=O) groups is 2. The Bertz CT molecular complexity index is 772. The highest BCUT2D eigenvalue weighted by Gasteiger charge is 2.64. The van der Waals surface area contributed by atoms with Crippen LogP contribution in [-0.4, -0.2) is 17.4 Å². The van der Waals surface area contributed by atoms with Gasteiger partial charge in [0, 0.05) is 29.6 Å². The molecular weight excluding hydrogens is 312 g/mol. The zero-order chi connectivity index (χ0) is 17.4. The number of hydrogen-bond acceptors (Lipinski definition) is 3. The molecule has 0 aromatic carbocycles. The molecule has 0 N–H and O–H groups in total. The van der Waals surface area contributed by atoms with E-state index >= 15 is 0 Å². The second kappa shape index (κ2) is 4.75. The predicted molar refractivity (Wildman–Crippen MR) is 94.6 cm³/mol. The largest absolute Gasteiger partial charge is 0.458 e. The number of hydrogen-bond donors (Lipinski definition) is 0. The van der Waals surface area contributed by atoms with Gasteiger partial charge in [-0.25, -0.2) is 0 Å². The summed E-state index contributed by atoms with van der Waals surface area (Å²) in [7, 11) is 0. The standard InChI is InChI=1S/C22H26O3/c1-20-9-5-15(23)13-14(20)3-4-16-17(20)6-10-21(2)18(16)7-11-22(21)12-8-19(24)25-22/h3-4,6,13,16,18H,5,7-12H2,1-2H3/t16-,18?,20?,21?,22-/m1/s1. The van der Waals surface area contributed by atoms with Crippen LogP contribution in [0.15, 0.2) is 35.5 Å². The number of esters is 1. The topological polar surface area (TPSA) is 43.4 Å². The molecule has 5 atom stereocenters. The summed E-state index contributed by atoms with van der Waals surface area (Å²) in [5.41, 5.74) is 2.51. The Kier molecular flexibility index (Phi) is 2.96. The van der Waals surface area contributed by atoms with Gasteiger partial charge in [0.05, 0.1) is 0 Å². The molecule has 3 heteroatoms. The van der Waals surface area contributed by atoms with Crippen molar-refractivity contribution >= 4 is 11.8 Å². The van der Waals surface area contributed by atoms with Crippen molar-refractivity contribution < 1.29 is 14.3 Å². The van der Waals surface area contributed by atoms with Crippen LogP contribution in [0, 0.1) is 22.7 Å². The Morgan fingerprint density at radius 1 is 1.12 bits per heavy atom. The molecule has 25 heavy (non-hydrogen) atoms. The van der Waals surface area contributed by atoms with E-state index < -0.39 is 0 Å². The lowest BCUT2D eigenvalue weighted by atomic mass is 9.52. The van der Waals surface area contributed by atoms with Crippen molar-refractivity contribution in [3.63, 3.8) is 0 Å². The van der Waals surface area contributed by atoms with E-state index in [-0.39, 0.29) is 28.2 Å². The summed E-state index contributed by atoms with van der Waals surface area (Å²) < 4.78 is 5.96. The summed E-state index contributed by atoms with van der Waals surface area (Å²) in [4.78, 5) is 23.8. The van der Waals surface area contributed by atoms with Crippen molar-refractivity contribution in [1.82, 2.24) is 0 Å². The second-order valence-electron chi connectivity index (χ2n) is 9.18. The average Bonchev–Trinajstić information content (AvgIpc) is 3.10. The van der Waals surface area contributed by atoms with E-state index in [2.05, 4.69) is 32.1 Å². The summed E-state index contributed by atoms with van der Waals surface area (Å²) in [6.07, 6.45) is 15.0. The first-order chi connectivity index (χ1) is 11.9. The quantitative estimate of drug-likeness (QED) is 0.489. The van der Waals surface area contributed by atoms with Crippen molar-refractivity contribution in [2.45, 2.75) is 64.4 Å². The normalized spacial score (nSPS) is 47.8. The monoisotopic (exact) mass is 338 g/mol. The van der Waals surface area contributed by atoms with E-state index in [1.807, 2.05) is 6.08 Å². The van der Waals surface area contributed by atoms with Gasteiger partial charge in [-0.3, -0.25) is 9.59 Å². The minimum atomic E-state index is -0.246. The van der Waals surface area contributed by atoms with Gasteiger partial charge in [-0.15, -0.1) is 0 Å². The fraction of sp³-hybridized carbons (Fsp3) is 0.636. The minimum Gasteiger partial charge on any atom is -0.458 e. The van der Waals surface area contributed by atoms with Gasteiger partial charge in [-0.2, -0.15) is 0 Å². The van der Waals surface area contributed by atoms with Crippen molar-refractivity contribution in [2.24, 2.45) is 22.7 Å². The van der Waals surface area contributed by atoms with Crippen molar-refractivity contribution in [2.75, 3.05) is 0 Å². The highest BCUT2D eigenvalue weighted by molar-refractivity contribution is 5.92. The smallest absolute Gasteiger partial charge is 0.306 e. The van der Waals surface area contributed by atoms with Crippen LogP contribution in [0.4, 0.5) is 0 Å². The van der Waals surface area contributed by atoms with E-state index in [4.69, 9.17) is 4.74 Å². The highest BCUT2D eigenvalue weighted by Crippen LogP contribution is 2.66. The number of fused-ring (bicyclic) bond motifs is 6. The zero-order valence-electron chi connectivity index (χ0n) is 15.1. The molecule has 0 aromatic rings. The lowest BCUT2D eigenvalue weighted by Crippen LogP contribution is -2.50. The van der Waals surface area contributed by atoms with Crippen LogP contribution in [0.1, 0.15) is 58.8 Å². The summed E-state index contributed by atoms with van der Waals surface area (Å²) >= 11 is 0. The molecule has 5 aliphatic rings. The van der Waals surface area contributed by atoms with Crippen LogP contribution in [0.5, 0.6) is 0 Å². The molecule has 4 aliphatic carbocycles. The molecule has 1 spiro atoms. The fourth-order valence-corrected chi connectivity index (χ4v) is 6.62. The Balaban J connectivity index is 1.58. The van der Waals surface area contributed by atoms with E-state index in [1.165, 1.54) is 11.1 Å². The van der Waals surface area contributed by atoms with Crippen molar-refractivity contribution in [1.29, 1.82) is 0 Å². The molecule has 1 aliphatic heterocycles. The summed E-state index contributed by atoms with van der Waals surface area (Å²) in [6, 6.07) is 0. The molecule has 0 bridgehead atoms. The molecule has 3 nitrogen and oxygen atoms in total. The predicted octanol–water partition coefficient (Wildman–Crippen LogP) is 4.29. The molecule has 0 amide bonds. The second-order valence-corrected chi connectivity index (χ2v) is 9.18. The van der Waals surface area contributed by atoms with Crippen LogP contribution < -0.4 is 0 Å². The summed E-state index contributed by atoms with van der Waals surface area (Å²) in [6.45, 7) is 4.67.